The molecule has 2 aromatic carbocycles. The fourth-order valence-corrected chi connectivity index (χ4v) is 3.67. The second kappa shape index (κ2) is 9.53. The van der Waals surface area contributed by atoms with Crippen molar-refractivity contribution in [3.05, 3.63) is 59.7 Å². The summed E-state index contributed by atoms with van der Waals surface area (Å²) < 4.78 is 32.4. The lowest BCUT2D eigenvalue weighted by Crippen LogP contribution is -2.28. The average Bonchev–Trinajstić information content (AvgIpc) is 2.66. The van der Waals surface area contributed by atoms with Crippen molar-refractivity contribution in [3.63, 3.8) is 0 Å². The van der Waals surface area contributed by atoms with Gasteiger partial charge in [0.2, 0.25) is 10.0 Å². The van der Waals surface area contributed by atoms with E-state index in [4.69, 9.17) is 4.74 Å². The van der Waals surface area contributed by atoms with Crippen molar-refractivity contribution in [1.82, 2.24) is 10.0 Å². The van der Waals surface area contributed by atoms with E-state index in [1.165, 1.54) is 12.1 Å². The number of sulfonamides is 1. The minimum absolute atomic E-state index is 0.0867. The third kappa shape index (κ3) is 6.37. The number of carbonyl (C=O) groups is 1. The third-order valence-electron chi connectivity index (χ3n) is 3.92. The highest BCUT2D eigenvalue weighted by molar-refractivity contribution is 7.89. The molecule has 0 bridgehead atoms. The fraction of sp³-hybridized carbons (Fsp3) is 0.350. The van der Waals surface area contributed by atoms with Gasteiger partial charge in [-0.1, -0.05) is 32.0 Å². The molecule has 0 unspecified atom stereocenters. The van der Waals surface area contributed by atoms with Gasteiger partial charge in [0.05, 0.1) is 12.0 Å². The van der Waals surface area contributed by atoms with Crippen molar-refractivity contribution < 1.29 is 17.9 Å². The van der Waals surface area contributed by atoms with Gasteiger partial charge in [-0.3, -0.25) is 4.79 Å². The summed E-state index contributed by atoms with van der Waals surface area (Å²) in [7, 11) is -2.02. The van der Waals surface area contributed by atoms with Gasteiger partial charge in [0.1, 0.15) is 5.75 Å². The van der Waals surface area contributed by atoms with Gasteiger partial charge in [0, 0.05) is 18.7 Å². The molecule has 0 aliphatic heterocycles. The normalized spacial score (nSPS) is 11.4. The molecule has 2 N–H and O–H groups in total. The van der Waals surface area contributed by atoms with E-state index in [-0.39, 0.29) is 16.7 Å². The molecule has 0 atom stereocenters. The van der Waals surface area contributed by atoms with Crippen molar-refractivity contribution in [2.45, 2.75) is 25.2 Å². The predicted molar refractivity (Wildman–Crippen MR) is 105 cm³/mol. The van der Waals surface area contributed by atoms with Crippen LogP contribution in [0.3, 0.4) is 0 Å². The van der Waals surface area contributed by atoms with E-state index in [9.17, 15) is 13.2 Å². The Morgan fingerprint density at radius 2 is 1.85 bits per heavy atom. The molecule has 1 amide bonds. The molecule has 27 heavy (non-hydrogen) atoms. The molecule has 0 aliphatic carbocycles. The molecular formula is C20H26N2O4S. The van der Waals surface area contributed by atoms with E-state index in [2.05, 4.69) is 10.0 Å². The Bertz CT molecular complexity index is 879. The second-order valence-electron chi connectivity index (χ2n) is 6.63. The Labute approximate surface area is 161 Å². The Balaban J connectivity index is 1.98. The number of methoxy groups -OCH3 is 1. The summed E-state index contributed by atoms with van der Waals surface area (Å²) in [6.07, 6.45) is 0.650. The van der Waals surface area contributed by atoms with Crippen LogP contribution in [0.2, 0.25) is 0 Å². The molecule has 0 aliphatic rings. The first kappa shape index (κ1) is 20.9. The molecule has 0 spiro atoms. The number of ether oxygens (including phenoxy) is 1. The van der Waals surface area contributed by atoms with E-state index < -0.39 is 10.0 Å². The smallest absolute Gasteiger partial charge is 0.251 e. The molecule has 2 rings (SSSR count). The first-order valence-corrected chi connectivity index (χ1v) is 10.3. The molecule has 0 heterocycles. The van der Waals surface area contributed by atoms with Crippen molar-refractivity contribution in [2.75, 3.05) is 20.2 Å². The SMILES string of the molecule is COc1cccc(CCNC(=O)c2cccc(S(=O)(=O)NCC(C)C)c2)c1. The van der Waals surface area contributed by atoms with E-state index in [0.29, 0.717) is 25.1 Å². The van der Waals surface area contributed by atoms with Crippen LogP contribution in [0.5, 0.6) is 5.75 Å². The van der Waals surface area contributed by atoms with E-state index >= 15 is 0 Å². The molecule has 146 valence electrons. The fourth-order valence-electron chi connectivity index (χ4n) is 2.41. The van der Waals surface area contributed by atoms with Crippen molar-refractivity contribution in [2.24, 2.45) is 5.92 Å². The van der Waals surface area contributed by atoms with Gasteiger partial charge in [0.15, 0.2) is 0 Å². The zero-order valence-corrected chi connectivity index (χ0v) is 16.7. The monoisotopic (exact) mass is 390 g/mol. The zero-order valence-electron chi connectivity index (χ0n) is 15.9. The van der Waals surface area contributed by atoms with Crippen LogP contribution in [-0.2, 0) is 16.4 Å². The molecule has 2 aromatic rings. The maximum absolute atomic E-state index is 12.4. The summed E-state index contributed by atoms with van der Waals surface area (Å²) >= 11 is 0. The van der Waals surface area contributed by atoms with Gasteiger partial charge in [-0.05, 0) is 48.2 Å². The summed E-state index contributed by atoms with van der Waals surface area (Å²) in [6.45, 7) is 4.64. The van der Waals surface area contributed by atoms with Crippen molar-refractivity contribution in [3.8, 4) is 5.75 Å². The maximum atomic E-state index is 12.4. The van der Waals surface area contributed by atoms with Gasteiger partial charge < -0.3 is 10.1 Å². The molecule has 0 saturated carbocycles. The molecule has 0 saturated heterocycles. The average molecular weight is 391 g/mol. The van der Waals surface area contributed by atoms with E-state index in [0.717, 1.165) is 11.3 Å². The number of nitrogens with one attached hydrogen (secondary N) is 2. The Kier molecular flexibility index (Phi) is 7.38. The first-order chi connectivity index (χ1) is 12.8. The first-order valence-electron chi connectivity index (χ1n) is 8.82. The van der Waals surface area contributed by atoms with Gasteiger partial charge in [-0.15, -0.1) is 0 Å². The minimum atomic E-state index is -3.63. The number of benzene rings is 2. The molecule has 0 radical (unpaired) electrons. The third-order valence-corrected chi connectivity index (χ3v) is 5.34. The van der Waals surface area contributed by atoms with Crippen LogP contribution in [0.1, 0.15) is 29.8 Å². The van der Waals surface area contributed by atoms with Crippen LogP contribution in [-0.4, -0.2) is 34.5 Å². The minimum Gasteiger partial charge on any atom is -0.497 e. The predicted octanol–water partition coefficient (Wildman–Crippen LogP) is 2.60. The second-order valence-corrected chi connectivity index (χ2v) is 8.40. The Morgan fingerprint density at radius 1 is 1.11 bits per heavy atom. The topological polar surface area (TPSA) is 84.5 Å². The van der Waals surface area contributed by atoms with Gasteiger partial charge in [-0.2, -0.15) is 0 Å². The quantitative estimate of drug-likeness (QED) is 0.689. The Morgan fingerprint density at radius 3 is 2.56 bits per heavy atom. The van der Waals surface area contributed by atoms with Crippen LogP contribution < -0.4 is 14.8 Å². The molecular weight excluding hydrogens is 364 g/mol. The summed E-state index contributed by atoms with van der Waals surface area (Å²) in [5.74, 6) is 0.660. The Hall–Kier alpha value is -2.38. The summed E-state index contributed by atoms with van der Waals surface area (Å²) in [4.78, 5) is 12.4. The van der Waals surface area contributed by atoms with Crippen molar-refractivity contribution in [1.29, 1.82) is 0 Å². The summed E-state index contributed by atoms with van der Waals surface area (Å²) in [6, 6.07) is 13.7. The molecule has 6 nitrogen and oxygen atoms in total. The lowest BCUT2D eigenvalue weighted by atomic mass is 10.1. The van der Waals surface area contributed by atoms with Crippen LogP contribution in [0.25, 0.3) is 0 Å². The standard InChI is InChI=1S/C20H26N2O4S/c1-15(2)14-22-27(24,25)19-9-5-7-17(13-19)20(23)21-11-10-16-6-4-8-18(12-16)26-3/h4-9,12-13,15,22H,10-11,14H2,1-3H3,(H,21,23). The number of hydrogen-bond acceptors (Lipinski definition) is 4. The van der Waals surface area contributed by atoms with E-state index in [1.54, 1.807) is 19.2 Å². The summed E-state index contributed by atoms with van der Waals surface area (Å²) in [5, 5.41) is 2.82. The lowest BCUT2D eigenvalue weighted by Gasteiger charge is -2.10. The number of rotatable bonds is 9. The largest absolute Gasteiger partial charge is 0.497 e. The van der Waals surface area contributed by atoms with Crippen LogP contribution in [0.15, 0.2) is 53.4 Å². The number of amides is 1. The van der Waals surface area contributed by atoms with Gasteiger partial charge in [0.25, 0.3) is 5.91 Å². The maximum Gasteiger partial charge on any atom is 0.251 e. The highest BCUT2D eigenvalue weighted by Gasteiger charge is 2.16. The zero-order chi connectivity index (χ0) is 19.9. The van der Waals surface area contributed by atoms with Crippen LogP contribution in [0.4, 0.5) is 0 Å². The van der Waals surface area contributed by atoms with Gasteiger partial charge in [-0.25, -0.2) is 13.1 Å². The highest BCUT2D eigenvalue weighted by atomic mass is 32.2. The number of carbonyl (C=O) groups excluding carboxylic acids is 1. The summed E-state index contributed by atoms with van der Waals surface area (Å²) in [5.41, 5.74) is 1.36. The van der Waals surface area contributed by atoms with Gasteiger partial charge >= 0.3 is 0 Å². The van der Waals surface area contributed by atoms with Crippen LogP contribution >= 0.6 is 0 Å². The van der Waals surface area contributed by atoms with Crippen molar-refractivity contribution >= 4 is 15.9 Å². The van der Waals surface area contributed by atoms with E-state index in [1.807, 2.05) is 38.1 Å². The molecule has 0 fully saturated rings. The van der Waals surface area contributed by atoms with Crippen LogP contribution in [0, 0.1) is 5.92 Å². The lowest BCUT2D eigenvalue weighted by molar-refractivity contribution is 0.0954. The molecule has 0 aromatic heterocycles. The number of hydrogen-bond donors (Lipinski definition) is 2. The highest BCUT2D eigenvalue weighted by Crippen LogP contribution is 2.14. The molecule has 7 heteroatoms.